The Balaban J connectivity index is 2.34. The molecule has 0 amide bonds. The molecule has 0 saturated heterocycles. The van der Waals surface area contributed by atoms with Crippen molar-refractivity contribution in [3.8, 4) is 0 Å². The molecular formula is C16H22O2. The zero-order valence-electron chi connectivity index (χ0n) is 11.3. The maximum absolute atomic E-state index is 11.7. The molecule has 1 unspecified atom stereocenters. The van der Waals surface area contributed by atoms with Gasteiger partial charge in [-0.1, -0.05) is 43.0 Å². The van der Waals surface area contributed by atoms with E-state index in [1.165, 1.54) is 19.3 Å². The number of rotatable bonds is 3. The van der Waals surface area contributed by atoms with Crippen LogP contribution in [0.25, 0.3) is 0 Å². The summed E-state index contributed by atoms with van der Waals surface area (Å²) >= 11 is 0. The Hall–Kier alpha value is -1.31. The molecule has 0 bridgehead atoms. The normalized spacial score (nSPS) is 18.6. The quantitative estimate of drug-likeness (QED) is 0.873. The average molecular weight is 246 g/mol. The highest BCUT2D eigenvalue weighted by molar-refractivity contribution is 5.77. The van der Waals surface area contributed by atoms with Crippen molar-refractivity contribution in [3.05, 3.63) is 34.9 Å². The second-order valence-electron chi connectivity index (χ2n) is 5.57. The van der Waals surface area contributed by atoms with Crippen molar-refractivity contribution in [2.45, 2.75) is 51.9 Å². The molecule has 0 spiro atoms. The number of carbonyl (C=O) groups is 1. The fraction of sp³-hybridized carbons (Fsp3) is 0.562. The van der Waals surface area contributed by atoms with E-state index in [9.17, 15) is 9.90 Å². The summed E-state index contributed by atoms with van der Waals surface area (Å²) in [6, 6.07) is 6.16. The molecule has 0 aromatic heterocycles. The van der Waals surface area contributed by atoms with E-state index in [0.717, 1.165) is 29.5 Å². The molecule has 0 heterocycles. The Labute approximate surface area is 109 Å². The zero-order valence-corrected chi connectivity index (χ0v) is 11.3. The van der Waals surface area contributed by atoms with E-state index < -0.39 is 5.97 Å². The van der Waals surface area contributed by atoms with Gasteiger partial charge in [-0.25, -0.2) is 0 Å². The molecule has 1 aliphatic carbocycles. The fourth-order valence-corrected chi connectivity index (χ4v) is 3.15. The van der Waals surface area contributed by atoms with E-state index in [-0.39, 0.29) is 5.92 Å². The average Bonchev–Trinajstić information content (AvgIpc) is 2.35. The first-order valence-corrected chi connectivity index (χ1v) is 6.89. The molecule has 1 saturated carbocycles. The lowest BCUT2D eigenvalue weighted by Crippen LogP contribution is -2.24. The molecule has 2 nitrogen and oxygen atoms in total. The van der Waals surface area contributed by atoms with Crippen molar-refractivity contribution >= 4 is 5.97 Å². The van der Waals surface area contributed by atoms with Crippen molar-refractivity contribution in [3.63, 3.8) is 0 Å². The standard InChI is InChI=1S/C16H22O2/c1-11-8-9-12(2)14(10-11)15(16(17)18)13-6-4-3-5-7-13/h8-10,13,15H,3-7H2,1-2H3,(H,17,18). The minimum Gasteiger partial charge on any atom is -0.481 e. The molecule has 2 rings (SSSR count). The van der Waals surface area contributed by atoms with Gasteiger partial charge in [0, 0.05) is 0 Å². The molecule has 1 aromatic carbocycles. The summed E-state index contributed by atoms with van der Waals surface area (Å²) in [6.45, 7) is 4.05. The Morgan fingerprint density at radius 3 is 2.50 bits per heavy atom. The van der Waals surface area contributed by atoms with E-state index >= 15 is 0 Å². The van der Waals surface area contributed by atoms with E-state index in [1.807, 2.05) is 19.9 Å². The first kappa shape index (κ1) is 13.1. The van der Waals surface area contributed by atoms with Gasteiger partial charge in [0.05, 0.1) is 5.92 Å². The largest absolute Gasteiger partial charge is 0.481 e. The molecule has 1 aromatic rings. The molecule has 1 atom stereocenters. The van der Waals surface area contributed by atoms with E-state index in [2.05, 4.69) is 12.1 Å². The summed E-state index contributed by atoms with van der Waals surface area (Å²) in [5, 5.41) is 9.59. The highest BCUT2D eigenvalue weighted by Crippen LogP contribution is 2.37. The van der Waals surface area contributed by atoms with Crippen LogP contribution in [0.1, 0.15) is 54.7 Å². The van der Waals surface area contributed by atoms with Crippen LogP contribution in [-0.2, 0) is 4.79 Å². The second kappa shape index (κ2) is 5.55. The number of hydrogen-bond acceptors (Lipinski definition) is 1. The third-order valence-electron chi connectivity index (χ3n) is 4.16. The van der Waals surface area contributed by atoms with Gasteiger partial charge in [0.15, 0.2) is 0 Å². The molecule has 1 N–H and O–H groups in total. The fourth-order valence-electron chi connectivity index (χ4n) is 3.15. The van der Waals surface area contributed by atoms with Crippen LogP contribution in [0.5, 0.6) is 0 Å². The maximum atomic E-state index is 11.7. The predicted molar refractivity (Wildman–Crippen MR) is 72.9 cm³/mol. The first-order chi connectivity index (χ1) is 8.59. The van der Waals surface area contributed by atoms with Gasteiger partial charge in [0.2, 0.25) is 0 Å². The van der Waals surface area contributed by atoms with E-state index in [1.54, 1.807) is 0 Å². The maximum Gasteiger partial charge on any atom is 0.311 e. The first-order valence-electron chi connectivity index (χ1n) is 6.89. The van der Waals surface area contributed by atoms with Crippen LogP contribution in [0.4, 0.5) is 0 Å². The van der Waals surface area contributed by atoms with Gasteiger partial charge in [0.25, 0.3) is 0 Å². The smallest absolute Gasteiger partial charge is 0.311 e. The van der Waals surface area contributed by atoms with Crippen LogP contribution in [0.2, 0.25) is 0 Å². The van der Waals surface area contributed by atoms with Crippen molar-refractivity contribution in [2.75, 3.05) is 0 Å². The van der Waals surface area contributed by atoms with E-state index in [4.69, 9.17) is 0 Å². The number of carboxylic acids is 1. The highest BCUT2D eigenvalue weighted by atomic mass is 16.4. The van der Waals surface area contributed by atoms with Gasteiger partial charge in [-0.05, 0) is 43.7 Å². The summed E-state index contributed by atoms with van der Waals surface area (Å²) in [4.78, 5) is 11.7. The zero-order chi connectivity index (χ0) is 13.1. The number of aliphatic carboxylic acids is 1. The molecule has 1 fully saturated rings. The highest BCUT2D eigenvalue weighted by Gasteiger charge is 2.31. The lowest BCUT2D eigenvalue weighted by molar-refractivity contribution is -0.140. The Kier molecular flexibility index (Phi) is 4.05. The SMILES string of the molecule is Cc1ccc(C)c(C(C(=O)O)C2CCCCC2)c1. The number of benzene rings is 1. The van der Waals surface area contributed by atoms with Crippen molar-refractivity contribution < 1.29 is 9.90 Å². The van der Waals surface area contributed by atoms with Crippen LogP contribution in [0, 0.1) is 19.8 Å². The Morgan fingerprint density at radius 1 is 1.22 bits per heavy atom. The third kappa shape index (κ3) is 2.74. The molecule has 1 aliphatic rings. The summed E-state index contributed by atoms with van der Waals surface area (Å²) in [5.41, 5.74) is 3.28. The van der Waals surface area contributed by atoms with Crippen LogP contribution >= 0.6 is 0 Å². The minimum atomic E-state index is -0.657. The van der Waals surface area contributed by atoms with Gasteiger partial charge in [-0.15, -0.1) is 0 Å². The van der Waals surface area contributed by atoms with Crippen LogP contribution < -0.4 is 0 Å². The Morgan fingerprint density at radius 2 is 1.89 bits per heavy atom. The molecule has 0 aliphatic heterocycles. The monoisotopic (exact) mass is 246 g/mol. The second-order valence-corrected chi connectivity index (χ2v) is 5.57. The lowest BCUT2D eigenvalue weighted by Gasteiger charge is -2.28. The van der Waals surface area contributed by atoms with Crippen molar-refractivity contribution in [1.29, 1.82) is 0 Å². The van der Waals surface area contributed by atoms with Crippen LogP contribution in [0.3, 0.4) is 0 Å². The van der Waals surface area contributed by atoms with Crippen LogP contribution in [0.15, 0.2) is 18.2 Å². The summed E-state index contributed by atoms with van der Waals surface area (Å²) in [6.07, 6.45) is 5.74. The van der Waals surface area contributed by atoms with Gasteiger partial charge >= 0.3 is 5.97 Å². The van der Waals surface area contributed by atoms with Gasteiger partial charge in [-0.2, -0.15) is 0 Å². The summed E-state index contributed by atoms with van der Waals surface area (Å²) < 4.78 is 0. The number of aryl methyl sites for hydroxylation is 2. The number of hydrogen-bond donors (Lipinski definition) is 1. The van der Waals surface area contributed by atoms with Crippen molar-refractivity contribution in [2.24, 2.45) is 5.92 Å². The van der Waals surface area contributed by atoms with Gasteiger partial charge in [0.1, 0.15) is 0 Å². The van der Waals surface area contributed by atoms with Gasteiger partial charge < -0.3 is 5.11 Å². The summed E-state index contributed by atoms with van der Waals surface area (Å²) in [7, 11) is 0. The third-order valence-corrected chi connectivity index (χ3v) is 4.16. The number of carboxylic acid groups (broad SMARTS) is 1. The topological polar surface area (TPSA) is 37.3 Å². The lowest BCUT2D eigenvalue weighted by atomic mass is 9.75. The van der Waals surface area contributed by atoms with Crippen molar-refractivity contribution in [1.82, 2.24) is 0 Å². The van der Waals surface area contributed by atoms with Gasteiger partial charge in [-0.3, -0.25) is 4.79 Å². The minimum absolute atomic E-state index is 0.315. The molecule has 2 heteroatoms. The molecule has 18 heavy (non-hydrogen) atoms. The predicted octanol–water partition coefficient (Wildman–Crippen LogP) is 4.05. The Bertz CT molecular complexity index is 431. The van der Waals surface area contributed by atoms with E-state index in [0.29, 0.717) is 5.92 Å². The molecular weight excluding hydrogens is 224 g/mol. The summed E-state index contributed by atoms with van der Waals surface area (Å²) in [5.74, 6) is -0.655. The molecule has 0 radical (unpaired) electrons. The van der Waals surface area contributed by atoms with Crippen LogP contribution in [-0.4, -0.2) is 11.1 Å². The molecule has 98 valence electrons.